The molecule has 1 aromatic heterocycles. The smallest absolute Gasteiger partial charge is 0.269 e. The highest BCUT2D eigenvalue weighted by Gasteiger charge is 2.35. The molecule has 0 bridgehead atoms. The summed E-state index contributed by atoms with van der Waals surface area (Å²) < 4.78 is 5.61. The molecule has 2 unspecified atom stereocenters. The second-order valence-electron chi connectivity index (χ2n) is 4.88. The Bertz CT molecular complexity index is 627. The van der Waals surface area contributed by atoms with Gasteiger partial charge in [-0.1, -0.05) is 30.3 Å². The highest BCUT2D eigenvalue weighted by atomic mass is 16.5. The number of benzene rings is 1. The molecule has 2 aromatic rings. The molecule has 0 spiro atoms. The summed E-state index contributed by atoms with van der Waals surface area (Å²) in [5, 5.41) is 0. The van der Waals surface area contributed by atoms with Crippen molar-refractivity contribution >= 4 is 11.7 Å². The fourth-order valence-corrected chi connectivity index (χ4v) is 2.45. The van der Waals surface area contributed by atoms with Gasteiger partial charge in [-0.2, -0.15) is 0 Å². The summed E-state index contributed by atoms with van der Waals surface area (Å²) >= 11 is 0. The minimum Gasteiger partial charge on any atom is -0.477 e. The highest BCUT2D eigenvalue weighted by Crippen LogP contribution is 2.36. The number of amides is 1. The molecule has 1 aliphatic heterocycles. The van der Waals surface area contributed by atoms with Crippen molar-refractivity contribution < 1.29 is 9.53 Å². The summed E-state index contributed by atoms with van der Waals surface area (Å²) in [5.41, 5.74) is 1.08. The van der Waals surface area contributed by atoms with Crippen LogP contribution < -0.4 is 9.64 Å². The second kappa shape index (κ2) is 4.96. The molecule has 0 fully saturated rings. The van der Waals surface area contributed by atoms with Gasteiger partial charge in [-0.05, 0) is 31.5 Å². The number of aromatic nitrogens is 1. The standard InChI is InChI=1S/C16H16N2O2/c1-11(13-7-4-3-5-8-13)18-15-14(9-6-10-17-15)20-12(2)16(18)19/h3-12H,1-2H3. The maximum Gasteiger partial charge on any atom is 0.269 e. The predicted octanol–water partition coefficient (Wildman–Crippen LogP) is 2.96. The minimum atomic E-state index is -0.488. The molecule has 0 saturated carbocycles. The van der Waals surface area contributed by atoms with Crippen LogP contribution in [-0.4, -0.2) is 17.0 Å². The number of fused-ring (bicyclic) bond motifs is 1. The van der Waals surface area contributed by atoms with Gasteiger partial charge in [-0.3, -0.25) is 9.69 Å². The fraction of sp³-hybridized carbons (Fsp3) is 0.250. The zero-order valence-electron chi connectivity index (χ0n) is 11.5. The monoisotopic (exact) mass is 268 g/mol. The van der Waals surface area contributed by atoms with Crippen LogP contribution in [0.1, 0.15) is 25.5 Å². The lowest BCUT2D eigenvalue weighted by molar-refractivity contribution is -0.126. The Balaban J connectivity index is 2.05. The van der Waals surface area contributed by atoms with E-state index in [1.54, 1.807) is 18.0 Å². The minimum absolute atomic E-state index is 0.0625. The van der Waals surface area contributed by atoms with Crippen LogP contribution in [0.5, 0.6) is 5.75 Å². The van der Waals surface area contributed by atoms with E-state index in [9.17, 15) is 4.79 Å². The number of nitrogens with zero attached hydrogens (tertiary/aromatic N) is 2. The molecular weight excluding hydrogens is 252 g/mol. The number of ether oxygens (including phenoxy) is 1. The molecule has 4 nitrogen and oxygen atoms in total. The zero-order valence-corrected chi connectivity index (χ0v) is 11.5. The van der Waals surface area contributed by atoms with Crippen LogP contribution in [0.15, 0.2) is 48.7 Å². The Morgan fingerprint density at radius 3 is 2.70 bits per heavy atom. The van der Waals surface area contributed by atoms with Gasteiger partial charge in [-0.25, -0.2) is 4.98 Å². The Morgan fingerprint density at radius 1 is 1.20 bits per heavy atom. The lowest BCUT2D eigenvalue weighted by Crippen LogP contribution is -2.46. The fourth-order valence-electron chi connectivity index (χ4n) is 2.45. The predicted molar refractivity (Wildman–Crippen MR) is 76.7 cm³/mol. The van der Waals surface area contributed by atoms with Crippen LogP contribution in [0.4, 0.5) is 5.82 Å². The van der Waals surface area contributed by atoms with Crippen LogP contribution in [0.2, 0.25) is 0 Å². The van der Waals surface area contributed by atoms with Gasteiger partial charge >= 0.3 is 0 Å². The van der Waals surface area contributed by atoms with Crippen LogP contribution in [0.3, 0.4) is 0 Å². The summed E-state index contributed by atoms with van der Waals surface area (Å²) in [7, 11) is 0. The van der Waals surface area contributed by atoms with Crippen molar-refractivity contribution in [1.82, 2.24) is 4.98 Å². The lowest BCUT2D eigenvalue weighted by atomic mass is 10.1. The van der Waals surface area contributed by atoms with Crippen LogP contribution in [-0.2, 0) is 4.79 Å². The number of rotatable bonds is 2. The van der Waals surface area contributed by atoms with E-state index in [2.05, 4.69) is 4.98 Å². The summed E-state index contributed by atoms with van der Waals surface area (Å²) in [5.74, 6) is 1.18. The highest BCUT2D eigenvalue weighted by molar-refractivity contribution is 5.99. The third-order valence-electron chi connectivity index (χ3n) is 3.54. The molecule has 2 atom stereocenters. The van der Waals surface area contributed by atoms with Crippen LogP contribution in [0, 0.1) is 0 Å². The summed E-state index contributed by atoms with van der Waals surface area (Å²) in [6, 6.07) is 13.5. The first-order valence-electron chi connectivity index (χ1n) is 6.68. The van der Waals surface area contributed by atoms with Crippen molar-refractivity contribution in [3.8, 4) is 5.75 Å². The van der Waals surface area contributed by atoms with Gasteiger partial charge in [0.15, 0.2) is 17.7 Å². The normalized spacial score (nSPS) is 19.2. The number of pyridine rings is 1. The summed E-state index contributed by atoms with van der Waals surface area (Å²) in [6.07, 6.45) is 1.19. The van der Waals surface area contributed by atoms with E-state index in [0.29, 0.717) is 11.6 Å². The van der Waals surface area contributed by atoms with Crippen molar-refractivity contribution in [3.63, 3.8) is 0 Å². The van der Waals surface area contributed by atoms with E-state index < -0.39 is 6.10 Å². The average Bonchev–Trinajstić information content (AvgIpc) is 2.49. The molecule has 0 radical (unpaired) electrons. The molecular formula is C16H16N2O2. The van der Waals surface area contributed by atoms with Crippen LogP contribution in [0.25, 0.3) is 0 Å². The Kier molecular flexibility index (Phi) is 3.14. The first-order chi connectivity index (χ1) is 9.68. The van der Waals surface area contributed by atoms with Gasteiger partial charge < -0.3 is 4.74 Å². The molecule has 4 heteroatoms. The van der Waals surface area contributed by atoms with Gasteiger partial charge in [0.1, 0.15) is 0 Å². The first-order valence-corrected chi connectivity index (χ1v) is 6.68. The van der Waals surface area contributed by atoms with E-state index in [4.69, 9.17) is 4.74 Å². The van der Waals surface area contributed by atoms with E-state index in [0.717, 1.165) is 5.56 Å². The molecule has 1 amide bonds. The van der Waals surface area contributed by atoms with Gasteiger partial charge in [0.25, 0.3) is 5.91 Å². The largest absolute Gasteiger partial charge is 0.477 e. The lowest BCUT2D eigenvalue weighted by Gasteiger charge is -2.35. The number of hydrogen-bond donors (Lipinski definition) is 0. The average molecular weight is 268 g/mol. The topological polar surface area (TPSA) is 42.4 Å². The van der Waals surface area contributed by atoms with Gasteiger partial charge in [0.2, 0.25) is 0 Å². The van der Waals surface area contributed by atoms with Gasteiger partial charge in [0.05, 0.1) is 6.04 Å². The van der Waals surface area contributed by atoms with E-state index in [-0.39, 0.29) is 11.9 Å². The molecule has 2 heterocycles. The maximum atomic E-state index is 12.5. The third kappa shape index (κ3) is 2.03. The number of carbonyl (C=O) groups is 1. The van der Waals surface area contributed by atoms with E-state index in [1.165, 1.54) is 0 Å². The molecule has 0 aliphatic carbocycles. The van der Waals surface area contributed by atoms with E-state index in [1.807, 2.05) is 49.4 Å². The molecule has 20 heavy (non-hydrogen) atoms. The maximum absolute atomic E-state index is 12.5. The molecule has 3 rings (SSSR count). The summed E-state index contributed by atoms with van der Waals surface area (Å²) in [4.78, 5) is 18.5. The molecule has 1 aliphatic rings. The summed E-state index contributed by atoms with van der Waals surface area (Å²) in [6.45, 7) is 3.77. The van der Waals surface area contributed by atoms with Crippen molar-refractivity contribution in [2.75, 3.05) is 4.90 Å². The van der Waals surface area contributed by atoms with E-state index >= 15 is 0 Å². The number of carbonyl (C=O) groups excluding carboxylic acids is 1. The second-order valence-corrected chi connectivity index (χ2v) is 4.88. The third-order valence-corrected chi connectivity index (χ3v) is 3.54. The Labute approximate surface area is 118 Å². The van der Waals surface area contributed by atoms with Crippen molar-refractivity contribution in [1.29, 1.82) is 0 Å². The van der Waals surface area contributed by atoms with Gasteiger partial charge in [0, 0.05) is 6.20 Å². The van der Waals surface area contributed by atoms with Crippen molar-refractivity contribution in [2.45, 2.75) is 26.0 Å². The van der Waals surface area contributed by atoms with Crippen LogP contribution >= 0.6 is 0 Å². The SMILES string of the molecule is CC1Oc2cccnc2N(C(C)c2ccccc2)C1=O. The number of hydrogen-bond acceptors (Lipinski definition) is 3. The number of anilines is 1. The van der Waals surface area contributed by atoms with Gasteiger partial charge in [-0.15, -0.1) is 0 Å². The first kappa shape index (κ1) is 12.7. The molecule has 1 aromatic carbocycles. The van der Waals surface area contributed by atoms with Crippen molar-refractivity contribution in [2.24, 2.45) is 0 Å². The quantitative estimate of drug-likeness (QED) is 0.841. The Morgan fingerprint density at radius 2 is 1.95 bits per heavy atom. The zero-order chi connectivity index (χ0) is 14.1. The molecule has 0 N–H and O–H groups in total. The Hall–Kier alpha value is -2.36. The van der Waals surface area contributed by atoms with Crippen molar-refractivity contribution in [3.05, 3.63) is 54.2 Å². The molecule has 0 saturated heterocycles. The molecule has 102 valence electrons.